The Morgan fingerprint density at radius 3 is 2.60 bits per heavy atom. The van der Waals surface area contributed by atoms with Crippen LogP contribution >= 0.6 is 0 Å². The molecule has 3 aliphatic heterocycles. The minimum absolute atomic E-state index is 0.00615. The van der Waals surface area contributed by atoms with Crippen molar-refractivity contribution >= 4 is 23.5 Å². The van der Waals surface area contributed by atoms with Crippen molar-refractivity contribution < 1.29 is 23.9 Å². The van der Waals surface area contributed by atoms with Gasteiger partial charge in [-0.25, -0.2) is 4.79 Å². The fourth-order valence-electron chi connectivity index (χ4n) is 4.16. The summed E-state index contributed by atoms with van der Waals surface area (Å²) in [7, 11) is 0. The molecule has 0 bridgehead atoms. The smallest absolute Gasteiger partial charge is 0.322 e. The molecule has 1 aromatic carbocycles. The molecule has 1 N–H and O–H groups in total. The van der Waals surface area contributed by atoms with Gasteiger partial charge >= 0.3 is 6.03 Å². The molecule has 1 unspecified atom stereocenters. The van der Waals surface area contributed by atoms with Crippen LogP contribution in [0.25, 0.3) is 0 Å². The predicted octanol–water partition coefficient (Wildman–Crippen LogP) is 1.01. The summed E-state index contributed by atoms with van der Waals surface area (Å²) in [5, 5.41) is 2.88. The Kier molecular flexibility index (Phi) is 6.08. The highest BCUT2D eigenvalue weighted by atomic mass is 16.5. The molecule has 3 aliphatic rings. The molecule has 162 valence electrons. The van der Waals surface area contributed by atoms with Crippen molar-refractivity contribution in [3.05, 3.63) is 24.3 Å². The fourth-order valence-corrected chi connectivity index (χ4v) is 4.16. The van der Waals surface area contributed by atoms with Crippen molar-refractivity contribution in [3.8, 4) is 5.75 Å². The zero-order valence-corrected chi connectivity index (χ0v) is 17.2. The van der Waals surface area contributed by atoms with Crippen molar-refractivity contribution in [3.63, 3.8) is 0 Å². The quantitative estimate of drug-likeness (QED) is 0.774. The molecule has 0 aromatic heterocycles. The molecule has 1 atom stereocenters. The van der Waals surface area contributed by atoms with Crippen LogP contribution in [-0.2, 0) is 14.3 Å². The van der Waals surface area contributed by atoms with Gasteiger partial charge in [-0.2, -0.15) is 0 Å². The van der Waals surface area contributed by atoms with E-state index >= 15 is 0 Å². The van der Waals surface area contributed by atoms with E-state index in [4.69, 9.17) is 9.47 Å². The number of morpholine rings is 1. The van der Waals surface area contributed by atoms with Gasteiger partial charge in [-0.15, -0.1) is 0 Å². The number of anilines is 1. The molecule has 3 fully saturated rings. The van der Waals surface area contributed by atoms with E-state index in [0.29, 0.717) is 64.0 Å². The first-order valence-electron chi connectivity index (χ1n) is 10.5. The van der Waals surface area contributed by atoms with E-state index in [1.54, 1.807) is 20.8 Å². The number of amides is 4. The highest BCUT2D eigenvalue weighted by Gasteiger charge is 2.44. The van der Waals surface area contributed by atoms with E-state index in [1.807, 2.05) is 25.1 Å². The van der Waals surface area contributed by atoms with Crippen LogP contribution in [0.2, 0.25) is 0 Å². The first-order chi connectivity index (χ1) is 14.6. The Bertz CT molecular complexity index is 804. The maximum atomic E-state index is 12.7. The summed E-state index contributed by atoms with van der Waals surface area (Å²) in [6.07, 6.45) is 0.251. The molecular formula is C21H28N4O5. The number of para-hydroxylation sites is 2. The van der Waals surface area contributed by atoms with E-state index in [0.717, 1.165) is 0 Å². The van der Waals surface area contributed by atoms with Gasteiger partial charge in [0.1, 0.15) is 5.75 Å². The Morgan fingerprint density at radius 1 is 1.13 bits per heavy atom. The summed E-state index contributed by atoms with van der Waals surface area (Å²) in [5.74, 6) is 0.366. The van der Waals surface area contributed by atoms with Crippen molar-refractivity contribution in [1.29, 1.82) is 0 Å². The van der Waals surface area contributed by atoms with Gasteiger partial charge in [-0.3, -0.25) is 9.59 Å². The van der Waals surface area contributed by atoms with Gasteiger partial charge in [0.25, 0.3) is 0 Å². The molecule has 1 aromatic rings. The molecule has 9 heteroatoms. The average Bonchev–Trinajstić information content (AvgIpc) is 3.10. The number of benzene rings is 1. The summed E-state index contributed by atoms with van der Waals surface area (Å²) < 4.78 is 10.8. The second kappa shape index (κ2) is 8.91. The van der Waals surface area contributed by atoms with Crippen LogP contribution in [-0.4, -0.2) is 91.1 Å². The van der Waals surface area contributed by atoms with Crippen molar-refractivity contribution in [2.24, 2.45) is 5.92 Å². The van der Waals surface area contributed by atoms with Gasteiger partial charge < -0.3 is 29.5 Å². The standard InChI is InChI=1S/C21H28N4O5/c1-2-30-18-6-4-3-5-17(18)22-21(28)24-13-16(14-24)25-12-15(11-19(25)26)20(27)23-7-9-29-10-8-23/h3-6,15-16H,2,7-14H2,1H3,(H,22,28). The third-order valence-corrected chi connectivity index (χ3v) is 5.85. The third-order valence-electron chi connectivity index (χ3n) is 5.85. The Balaban J connectivity index is 1.28. The van der Waals surface area contributed by atoms with Crippen LogP contribution in [0.3, 0.4) is 0 Å². The van der Waals surface area contributed by atoms with Crippen LogP contribution in [0.1, 0.15) is 13.3 Å². The molecule has 9 nitrogen and oxygen atoms in total. The van der Waals surface area contributed by atoms with Crippen molar-refractivity contribution in [2.45, 2.75) is 19.4 Å². The van der Waals surface area contributed by atoms with Crippen LogP contribution < -0.4 is 10.1 Å². The molecule has 30 heavy (non-hydrogen) atoms. The van der Waals surface area contributed by atoms with Crippen LogP contribution in [0.15, 0.2) is 24.3 Å². The molecular weight excluding hydrogens is 388 g/mol. The predicted molar refractivity (Wildman–Crippen MR) is 109 cm³/mol. The molecule has 0 aliphatic carbocycles. The van der Waals surface area contributed by atoms with Gasteiger partial charge in [0.05, 0.1) is 37.5 Å². The largest absolute Gasteiger partial charge is 0.492 e. The number of urea groups is 1. The Hall–Kier alpha value is -2.81. The maximum absolute atomic E-state index is 12.7. The lowest BCUT2D eigenvalue weighted by Gasteiger charge is -2.43. The van der Waals surface area contributed by atoms with E-state index in [2.05, 4.69) is 5.32 Å². The molecule has 0 spiro atoms. The number of carbonyl (C=O) groups excluding carboxylic acids is 3. The zero-order valence-electron chi connectivity index (χ0n) is 17.2. The summed E-state index contributed by atoms with van der Waals surface area (Å²) in [4.78, 5) is 42.9. The zero-order chi connectivity index (χ0) is 21.1. The first-order valence-corrected chi connectivity index (χ1v) is 10.5. The summed E-state index contributed by atoms with van der Waals surface area (Å²) in [6, 6.07) is 7.05. The number of rotatable bonds is 5. The number of nitrogens with one attached hydrogen (secondary N) is 1. The normalized spacial score (nSPS) is 22.1. The summed E-state index contributed by atoms with van der Waals surface area (Å²) in [6.45, 7) is 6.05. The van der Waals surface area contributed by atoms with Crippen LogP contribution in [0.4, 0.5) is 10.5 Å². The second-order valence-electron chi connectivity index (χ2n) is 7.80. The Labute approximate surface area is 175 Å². The topological polar surface area (TPSA) is 91.4 Å². The van der Waals surface area contributed by atoms with E-state index in [-0.39, 0.29) is 36.2 Å². The lowest BCUT2D eigenvalue weighted by molar-refractivity contribution is -0.139. The van der Waals surface area contributed by atoms with Gasteiger partial charge in [0, 0.05) is 39.1 Å². The third kappa shape index (κ3) is 4.21. The number of carbonyl (C=O) groups is 3. The van der Waals surface area contributed by atoms with Crippen molar-refractivity contribution in [2.75, 3.05) is 57.9 Å². The maximum Gasteiger partial charge on any atom is 0.322 e. The summed E-state index contributed by atoms with van der Waals surface area (Å²) >= 11 is 0. The molecule has 0 saturated carbocycles. The molecule has 3 heterocycles. The number of likely N-dealkylation sites (tertiary alicyclic amines) is 2. The average molecular weight is 416 g/mol. The Morgan fingerprint density at radius 2 is 1.87 bits per heavy atom. The highest BCUT2D eigenvalue weighted by Crippen LogP contribution is 2.28. The monoisotopic (exact) mass is 416 g/mol. The van der Waals surface area contributed by atoms with E-state index < -0.39 is 0 Å². The van der Waals surface area contributed by atoms with Gasteiger partial charge in [0.15, 0.2) is 0 Å². The minimum Gasteiger partial charge on any atom is -0.492 e. The molecule has 0 radical (unpaired) electrons. The van der Waals surface area contributed by atoms with E-state index in [9.17, 15) is 14.4 Å². The van der Waals surface area contributed by atoms with E-state index in [1.165, 1.54) is 0 Å². The van der Waals surface area contributed by atoms with Crippen LogP contribution in [0.5, 0.6) is 5.75 Å². The number of nitrogens with zero attached hydrogens (tertiary/aromatic N) is 3. The number of ether oxygens (including phenoxy) is 2. The second-order valence-corrected chi connectivity index (χ2v) is 7.80. The minimum atomic E-state index is -0.295. The fraction of sp³-hybridized carbons (Fsp3) is 0.571. The first kappa shape index (κ1) is 20.5. The van der Waals surface area contributed by atoms with Gasteiger partial charge in [-0.05, 0) is 19.1 Å². The molecule has 4 rings (SSSR count). The number of hydrogen-bond acceptors (Lipinski definition) is 5. The highest BCUT2D eigenvalue weighted by molar-refractivity contribution is 5.92. The lowest BCUT2D eigenvalue weighted by Crippen LogP contribution is -2.62. The van der Waals surface area contributed by atoms with Gasteiger partial charge in [0.2, 0.25) is 11.8 Å². The van der Waals surface area contributed by atoms with Gasteiger partial charge in [-0.1, -0.05) is 12.1 Å². The van der Waals surface area contributed by atoms with Crippen molar-refractivity contribution in [1.82, 2.24) is 14.7 Å². The SMILES string of the molecule is CCOc1ccccc1NC(=O)N1CC(N2CC(C(=O)N3CCOCC3)CC2=O)C1. The molecule has 3 saturated heterocycles. The molecule has 4 amide bonds. The summed E-state index contributed by atoms with van der Waals surface area (Å²) in [5.41, 5.74) is 0.626. The lowest BCUT2D eigenvalue weighted by atomic mass is 10.1. The van der Waals surface area contributed by atoms with Crippen LogP contribution in [0, 0.1) is 5.92 Å². The number of hydrogen-bond donors (Lipinski definition) is 1.